The lowest BCUT2D eigenvalue weighted by atomic mass is 9.84. The van der Waals surface area contributed by atoms with E-state index in [0.29, 0.717) is 5.41 Å². The molecular formula is C12H12. The van der Waals surface area contributed by atoms with Crippen LogP contribution in [-0.2, 0) is 0 Å². The third-order valence-electron chi connectivity index (χ3n) is 3.22. The van der Waals surface area contributed by atoms with Gasteiger partial charge < -0.3 is 0 Å². The summed E-state index contributed by atoms with van der Waals surface area (Å²) < 4.78 is 0. The molecule has 3 rings (SSSR count). The van der Waals surface area contributed by atoms with E-state index in [1.807, 2.05) is 0 Å². The van der Waals surface area contributed by atoms with Gasteiger partial charge in [0.2, 0.25) is 0 Å². The number of hydrogen-bond acceptors (Lipinski definition) is 0. The van der Waals surface area contributed by atoms with E-state index in [4.69, 9.17) is 0 Å². The number of rotatable bonds is 0. The summed E-state index contributed by atoms with van der Waals surface area (Å²) in [4.78, 5) is 0. The Morgan fingerprint density at radius 3 is 3.25 bits per heavy atom. The SMILES string of the molecule is CC1=CC2CC23C=CC=CC3=C1. The smallest absolute Gasteiger partial charge is 0.0204 e. The molecule has 1 saturated carbocycles. The molecule has 1 spiro atoms. The van der Waals surface area contributed by atoms with Crippen LogP contribution in [0.2, 0.25) is 0 Å². The molecule has 3 aliphatic rings. The molecule has 0 heterocycles. The summed E-state index contributed by atoms with van der Waals surface area (Å²) in [7, 11) is 0. The minimum atomic E-state index is 0.439. The zero-order valence-corrected chi connectivity index (χ0v) is 7.25. The molecule has 0 heteroatoms. The van der Waals surface area contributed by atoms with Gasteiger partial charge in [-0.3, -0.25) is 0 Å². The Morgan fingerprint density at radius 2 is 2.33 bits per heavy atom. The Kier molecular flexibility index (Phi) is 0.982. The van der Waals surface area contributed by atoms with Crippen molar-refractivity contribution in [1.82, 2.24) is 0 Å². The van der Waals surface area contributed by atoms with Crippen molar-refractivity contribution in [2.75, 3.05) is 0 Å². The molecule has 0 aromatic carbocycles. The van der Waals surface area contributed by atoms with Crippen LogP contribution in [0.25, 0.3) is 0 Å². The third kappa shape index (κ3) is 0.632. The van der Waals surface area contributed by atoms with Gasteiger partial charge >= 0.3 is 0 Å². The highest BCUT2D eigenvalue weighted by Gasteiger charge is 2.54. The van der Waals surface area contributed by atoms with Crippen molar-refractivity contribution in [3.63, 3.8) is 0 Å². The van der Waals surface area contributed by atoms with Crippen molar-refractivity contribution in [2.24, 2.45) is 11.3 Å². The molecule has 12 heavy (non-hydrogen) atoms. The van der Waals surface area contributed by atoms with Gasteiger partial charge in [0, 0.05) is 5.41 Å². The van der Waals surface area contributed by atoms with Crippen molar-refractivity contribution in [1.29, 1.82) is 0 Å². The maximum absolute atomic E-state index is 2.41. The van der Waals surface area contributed by atoms with E-state index >= 15 is 0 Å². The third-order valence-corrected chi connectivity index (χ3v) is 3.22. The maximum atomic E-state index is 2.41. The summed E-state index contributed by atoms with van der Waals surface area (Å²) in [5.74, 6) is 0.804. The zero-order valence-electron chi connectivity index (χ0n) is 7.25. The minimum absolute atomic E-state index is 0.439. The fraction of sp³-hybridized carbons (Fsp3) is 0.333. The zero-order chi connectivity index (χ0) is 8.18. The van der Waals surface area contributed by atoms with Gasteiger partial charge in [0.05, 0.1) is 0 Å². The van der Waals surface area contributed by atoms with Gasteiger partial charge in [0.15, 0.2) is 0 Å². The highest BCUT2D eigenvalue weighted by molar-refractivity contribution is 5.52. The molecule has 0 saturated heterocycles. The van der Waals surface area contributed by atoms with Crippen molar-refractivity contribution in [3.05, 3.63) is 47.6 Å². The van der Waals surface area contributed by atoms with Crippen molar-refractivity contribution in [3.8, 4) is 0 Å². The highest BCUT2D eigenvalue weighted by atomic mass is 14.6. The average molecular weight is 156 g/mol. The van der Waals surface area contributed by atoms with Crippen LogP contribution >= 0.6 is 0 Å². The minimum Gasteiger partial charge on any atom is -0.0772 e. The fourth-order valence-corrected chi connectivity index (χ4v) is 2.47. The Balaban J connectivity index is 2.15. The van der Waals surface area contributed by atoms with E-state index in [9.17, 15) is 0 Å². The summed E-state index contributed by atoms with van der Waals surface area (Å²) in [5.41, 5.74) is 3.40. The van der Waals surface area contributed by atoms with E-state index in [0.717, 1.165) is 5.92 Å². The number of allylic oxidation sites excluding steroid dienone is 8. The van der Waals surface area contributed by atoms with E-state index < -0.39 is 0 Å². The first-order valence-corrected chi connectivity index (χ1v) is 4.58. The van der Waals surface area contributed by atoms with Gasteiger partial charge in [-0.1, -0.05) is 42.0 Å². The largest absolute Gasteiger partial charge is 0.0772 e. The molecule has 60 valence electrons. The number of hydrogen-bond donors (Lipinski definition) is 0. The van der Waals surface area contributed by atoms with Gasteiger partial charge in [0.1, 0.15) is 0 Å². The second kappa shape index (κ2) is 1.82. The standard InChI is InChI=1S/C12H12/c1-9-6-10-4-2-3-5-12(10)8-11(12)7-9/h2-7,11H,8H2,1H3. The maximum Gasteiger partial charge on any atom is 0.0204 e. The average Bonchev–Trinajstić information content (AvgIpc) is 2.73. The molecule has 0 N–H and O–H groups in total. The van der Waals surface area contributed by atoms with Gasteiger partial charge in [0.25, 0.3) is 0 Å². The molecule has 0 nitrogen and oxygen atoms in total. The van der Waals surface area contributed by atoms with Crippen LogP contribution in [0.3, 0.4) is 0 Å². The molecular weight excluding hydrogens is 144 g/mol. The summed E-state index contributed by atoms with van der Waals surface area (Å²) in [6.07, 6.45) is 15.0. The summed E-state index contributed by atoms with van der Waals surface area (Å²) in [6, 6.07) is 0. The van der Waals surface area contributed by atoms with Crippen LogP contribution in [0.4, 0.5) is 0 Å². The Morgan fingerprint density at radius 1 is 1.42 bits per heavy atom. The van der Waals surface area contributed by atoms with Gasteiger partial charge in [-0.2, -0.15) is 0 Å². The van der Waals surface area contributed by atoms with Gasteiger partial charge in [-0.15, -0.1) is 0 Å². The molecule has 0 aromatic heterocycles. The second-order valence-corrected chi connectivity index (χ2v) is 4.08. The lowest BCUT2D eigenvalue weighted by Crippen LogP contribution is -2.08. The van der Waals surface area contributed by atoms with Crippen LogP contribution < -0.4 is 0 Å². The Bertz CT molecular complexity index is 352. The molecule has 0 amide bonds. The molecule has 0 radical (unpaired) electrons. The predicted molar refractivity (Wildman–Crippen MR) is 50.7 cm³/mol. The fourth-order valence-electron chi connectivity index (χ4n) is 2.47. The van der Waals surface area contributed by atoms with Gasteiger partial charge in [-0.25, -0.2) is 0 Å². The van der Waals surface area contributed by atoms with E-state index in [-0.39, 0.29) is 0 Å². The Hall–Kier alpha value is -1.04. The van der Waals surface area contributed by atoms with Crippen LogP contribution in [0, 0.1) is 11.3 Å². The predicted octanol–water partition coefficient (Wildman–Crippen LogP) is 3.01. The first-order valence-electron chi connectivity index (χ1n) is 4.58. The van der Waals surface area contributed by atoms with Gasteiger partial charge in [-0.05, 0) is 24.8 Å². The molecule has 1 fully saturated rings. The van der Waals surface area contributed by atoms with Crippen LogP contribution in [0.1, 0.15) is 13.3 Å². The van der Waals surface area contributed by atoms with E-state index in [1.165, 1.54) is 17.6 Å². The van der Waals surface area contributed by atoms with Crippen LogP contribution in [-0.4, -0.2) is 0 Å². The monoisotopic (exact) mass is 156 g/mol. The van der Waals surface area contributed by atoms with Crippen molar-refractivity contribution < 1.29 is 0 Å². The summed E-state index contributed by atoms with van der Waals surface area (Å²) >= 11 is 0. The summed E-state index contributed by atoms with van der Waals surface area (Å²) in [6.45, 7) is 2.20. The second-order valence-electron chi connectivity index (χ2n) is 4.08. The molecule has 2 unspecified atom stereocenters. The van der Waals surface area contributed by atoms with Crippen molar-refractivity contribution in [2.45, 2.75) is 13.3 Å². The highest BCUT2D eigenvalue weighted by Crippen LogP contribution is 2.63. The van der Waals surface area contributed by atoms with E-state index in [1.54, 1.807) is 0 Å². The normalized spacial score (nSPS) is 41.2. The first-order chi connectivity index (χ1) is 5.81. The summed E-state index contributed by atoms with van der Waals surface area (Å²) in [5, 5.41) is 0. The quantitative estimate of drug-likeness (QED) is 0.505. The molecule has 3 aliphatic carbocycles. The first kappa shape index (κ1) is 6.47. The molecule has 0 aliphatic heterocycles. The Labute approximate surface area is 73.0 Å². The molecule has 0 aromatic rings. The molecule has 0 bridgehead atoms. The van der Waals surface area contributed by atoms with Crippen molar-refractivity contribution >= 4 is 0 Å². The lowest BCUT2D eigenvalue weighted by molar-refractivity contribution is 0.732. The van der Waals surface area contributed by atoms with Crippen LogP contribution in [0.5, 0.6) is 0 Å². The molecule has 2 atom stereocenters. The topological polar surface area (TPSA) is 0 Å². The lowest BCUT2D eigenvalue weighted by Gasteiger charge is -2.20. The van der Waals surface area contributed by atoms with Crippen LogP contribution in [0.15, 0.2) is 47.6 Å². The van der Waals surface area contributed by atoms with E-state index in [2.05, 4.69) is 43.4 Å².